The van der Waals surface area contributed by atoms with E-state index in [2.05, 4.69) is 10.6 Å². The van der Waals surface area contributed by atoms with Crippen molar-refractivity contribution < 1.29 is 9.59 Å². The molecule has 4 heteroatoms. The maximum atomic E-state index is 12.0. The van der Waals surface area contributed by atoms with Crippen molar-refractivity contribution in [1.82, 2.24) is 0 Å². The second-order valence-electron chi connectivity index (χ2n) is 6.03. The highest BCUT2D eigenvalue weighted by Gasteiger charge is 2.14. The first-order chi connectivity index (χ1) is 10.4. The van der Waals surface area contributed by atoms with Crippen molar-refractivity contribution in [2.24, 2.45) is 11.8 Å². The third-order valence-corrected chi connectivity index (χ3v) is 3.45. The van der Waals surface area contributed by atoms with Crippen LogP contribution in [0.25, 0.3) is 10.8 Å². The summed E-state index contributed by atoms with van der Waals surface area (Å²) in [4.78, 5) is 24.0. The highest BCUT2D eigenvalue weighted by molar-refractivity contribution is 6.04. The number of carbonyl (C=O) groups excluding carboxylic acids is 2. The van der Waals surface area contributed by atoms with Gasteiger partial charge in [0.05, 0.1) is 11.4 Å². The van der Waals surface area contributed by atoms with Gasteiger partial charge in [0.1, 0.15) is 0 Å². The van der Waals surface area contributed by atoms with Crippen LogP contribution < -0.4 is 10.6 Å². The van der Waals surface area contributed by atoms with E-state index in [1.165, 1.54) is 0 Å². The van der Waals surface area contributed by atoms with Gasteiger partial charge >= 0.3 is 0 Å². The largest absolute Gasteiger partial charge is 0.324 e. The smallest absolute Gasteiger partial charge is 0.226 e. The van der Waals surface area contributed by atoms with Gasteiger partial charge in [-0.25, -0.2) is 0 Å². The number of carbonyl (C=O) groups is 2. The lowest BCUT2D eigenvalue weighted by molar-refractivity contribution is -0.119. The van der Waals surface area contributed by atoms with Crippen LogP contribution >= 0.6 is 0 Å². The fourth-order valence-corrected chi connectivity index (χ4v) is 2.00. The molecule has 0 aliphatic carbocycles. The zero-order valence-corrected chi connectivity index (χ0v) is 13.4. The van der Waals surface area contributed by atoms with Gasteiger partial charge in [0.2, 0.25) is 11.8 Å². The van der Waals surface area contributed by atoms with Gasteiger partial charge in [0.25, 0.3) is 0 Å². The second kappa shape index (κ2) is 6.60. The Labute approximate surface area is 130 Å². The Morgan fingerprint density at radius 1 is 0.773 bits per heavy atom. The monoisotopic (exact) mass is 298 g/mol. The molecule has 2 aromatic carbocycles. The Morgan fingerprint density at radius 3 is 1.45 bits per heavy atom. The quantitative estimate of drug-likeness (QED) is 0.895. The summed E-state index contributed by atoms with van der Waals surface area (Å²) >= 11 is 0. The Hall–Kier alpha value is -2.36. The zero-order chi connectivity index (χ0) is 16.3. The number of benzene rings is 2. The first-order valence-corrected chi connectivity index (χ1v) is 7.53. The molecular formula is C18H22N2O2. The molecule has 0 atom stereocenters. The number of hydrogen-bond donors (Lipinski definition) is 2. The minimum absolute atomic E-state index is 0.0738. The van der Waals surface area contributed by atoms with E-state index in [1.54, 1.807) is 0 Å². The molecule has 0 saturated heterocycles. The summed E-state index contributed by atoms with van der Waals surface area (Å²) in [6.45, 7) is 7.34. The number of amides is 2. The normalized spacial score (nSPS) is 11.0. The van der Waals surface area contributed by atoms with Crippen molar-refractivity contribution in [2.45, 2.75) is 27.7 Å². The number of fused-ring (bicyclic) bond motifs is 1. The van der Waals surface area contributed by atoms with Crippen LogP contribution in [0.15, 0.2) is 36.4 Å². The lowest BCUT2D eigenvalue weighted by atomic mass is 10.1. The number of hydrogen-bond acceptors (Lipinski definition) is 2. The average molecular weight is 298 g/mol. The molecule has 0 aromatic heterocycles. The van der Waals surface area contributed by atoms with Gasteiger partial charge in [-0.05, 0) is 22.9 Å². The van der Waals surface area contributed by atoms with E-state index in [1.807, 2.05) is 64.1 Å². The Balaban J connectivity index is 2.45. The molecule has 2 amide bonds. The predicted octanol–water partition coefficient (Wildman–Crippen LogP) is 4.03. The standard InChI is InChI=1S/C18H22N2O2/c1-11(2)17(21)19-15-9-13-7-5-6-8-14(13)10-16(15)20-18(22)12(3)4/h5-12H,1-4H3,(H,19,21)(H,20,22). The molecule has 0 aliphatic heterocycles. The van der Waals surface area contributed by atoms with Crippen LogP contribution in [0.2, 0.25) is 0 Å². The summed E-state index contributed by atoms with van der Waals surface area (Å²) < 4.78 is 0. The minimum atomic E-state index is -0.125. The zero-order valence-electron chi connectivity index (χ0n) is 13.4. The molecule has 2 N–H and O–H groups in total. The molecule has 2 aromatic rings. The predicted molar refractivity (Wildman–Crippen MR) is 90.9 cm³/mol. The summed E-state index contributed by atoms with van der Waals surface area (Å²) in [5.41, 5.74) is 1.26. The molecule has 0 unspecified atom stereocenters. The van der Waals surface area contributed by atoms with Crippen LogP contribution in [0, 0.1) is 11.8 Å². The van der Waals surface area contributed by atoms with E-state index in [-0.39, 0.29) is 23.7 Å². The minimum Gasteiger partial charge on any atom is -0.324 e. The van der Waals surface area contributed by atoms with Crippen LogP contribution in [0.5, 0.6) is 0 Å². The second-order valence-corrected chi connectivity index (χ2v) is 6.03. The van der Waals surface area contributed by atoms with Crippen LogP contribution in [-0.2, 0) is 9.59 Å². The molecule has 0 spiro atoms. The van der Waals surface area contributed by atoms with Crippen molar-refractivity contribution in [3.8, 4) is 0 Å². The molecule has 0 fully saturated rings. The molecule has 0 heterocycles. The fourth-order valence-electron chi connectivity index (χ4n) is 2.00. The molecule has 0 bridgehead atoms. The summed E-state index contributed by atoms with van der Waals surface area (Å²) in [6.07, 6.45) is 0. The van der Waals surface area contributed by atoms with Gasteiger partial charge in [-0.3, -0.25) is 9.59 Å². The third kappa shape index (κ3) is 3.64. The van der Waals surface area contributed by atoms with E-state index in [9.17, 15) is 9.59 Å². The molecule has 2 rings (SSSR count). The van der Waals surface area contributed by atoms with Crippen molar-refractivity contribution in [1.29, 1.82) is 0 Å². The van der Waals surface area contributed by atoms with Crippen LogP contribution in [0.3, 0.4) is 0 Å². The van der Waals surface area contributed by atoms with Gasteiger partial charge in [-0.15, -0.1) is 0 Å². The molecule has 0 aliphatic rings. The average Bonchev–Trinajstić information content (AvgIpc) is 2.47. The number of anilines is 2. The van der Waals surface area contributed by atoms with Crippen molar-refractivity contribution in [3.05, 3.63) is 36.4 Å². The highest BCUT2D eigenvalue weighted by Crippen LogP contribution is 2.29. The van der Waals surface area contributed by atoms with Crippen molar-refractivity contribution in [2.75, 3.05) is 10.6 Å². The van der Waals surface area contributed by atoms with Crippen LogP contribution in [-0.4, -0.2) is 11.8 Å². The fraction of sp³-hybridized carbons (Fsp3) is 0.333. The Kier molecular flexibility index (Phi) is 4.81. The maximum Gasteiger partial charge on any atom is 0.226 e. The lowest BCUT2D eigenvalue weighted by Crippen LogP contribution is -2.22. The van der Waals surface area contributed by atoms with Gasteiger partial charge in [0.15, 0.2) is 0 Å². The van der Waals surface area contributed by atoms with Crippen LogP contribution in [0.1, 0.15) is 27.7 Å². The molecular weight excluding hydrogens is 276 g/mol. The molecule has 0 saturated carbocycles. The number of rotatable bonds is 4. The molecule has 4 nitrogen and oxygen atoms in total. The van der Waals surface area contributed by atoms with E-state index < -0.39 is 0 Å². The van der Waals surface area contributed by atoms with E-state index in [0.717, 1.165) is 10.8 Å². The third-order valence-electron chi connectivity index (χ3n) is 3.45. The van der Waals surface area contributed by atoms with E-state index in [0.29, 0.717) is 11.4 Å². The summed E-state index contributed by atoms with van der Waals surface area (Å²) in [5.74, 6) is -0.397. The van der Waals surface area contributed by atoms with Crippen molar-refractivity contribution in [3.63, 3.8) is 0 Å². The summed E-state index contributed by atoms with van der Waals surface area (Å²) in [6, 6.07) is 11.6. The van der Waals surface area contributed by atoms with Gasteiger partial charge in [0, 0.05) is 11.8 Å². The van der Waals surface area contributed by atoms with Gasteiger partial charge < -0.3 is 10.6 Å². The topological polar surface area (TPSA) is 58.2 Å². The SMILES string of the molecule is CC(C)C(=O)Nc1cc2ccccc2cc1NC(=O)C(C)C. The van der Waals surface area contributed by atoms with Crippen LogP contribution in [0.4, 0.5) is 11.4 Å². The highest BCUT2D eigenvalue weighted by atomic mass is 16.2. The molecule has 0 radical (unpaired) electrons. The van der Waals surface area contributed by atoms with E-state index in [4.69, 9.17) is 0 Å². The number of nitrogens with one attached hydrogen (secondary N) is 2. The van der Waals surface area contributed by atoms with Gasteiger partial charge in [-0.1, -0.05) is 52.0 Å². The first-order valence-electron chi connectivity index (χ1n) is 7.53. The molecule has 22 heavy (non-hydrogen) atoms. The van der Waals surface area contributed by atoms with Gasteiger partial charge in [-0.2, -0.15) is 0 Å². The maximum absolute atomic E-state index is 12.0. The summed E-state index contributed by atoms with van der Waals surface area (Å²) in [5, 5.41) is 7.82. The Bertz CT molecular complexity index is 645. The Morgan fingerprint density at radius 2 is 1.14 bits per heavy atom. The summed E-state index contributed by atoms with van der Waals surface area (Å²) in [7, 11) is 0. The molecule has 116 valence electrons. The lowest BCUT2D eigenvalue weighted by Gasteiger charge is -2.16. The first kappa shape index (κ1) is 16.0. The van der Waals surface area contributed by atoms with Crippen molar-refractivity contribution >= 4 is 34.0 Å². The van der Waals surface area contributed by atoms with E-state index >= 15 is 0 Å².